The second-order valence-electron chi connectivity index (χ2n) is 11.5. The Kier molecular flexibility index (Phi) is 9.30. The quantitative estimate of drug-likeness (QED) is 0.160. The van der Waals surface area contributed by atoms with E-state index in [1.54, 1.807) is 48.8 Å². The zero-order valence-electron chi connectivity index (χ0n) is 25.4. The Morgan fingerprint density at radius 3 is 2.38 bits per heavy atom. The number of carbonyl (C=O) groups excluding carboxylic acids is 2. The number of amides is 1. The molecule has 1 aliphatic heterocycles. The van der Waals surface area contributed by atoms with Gasteiger partial charge in [0.15, 0.2) is 11.6 Å². The number of fused-ring (bicyclic) bond motifs is 1. The number of pyridine rings is 1. The highest BCUT2D eigenvalue weighted by molar-refractivity contribution is 7.22. The van der Waals surface area contributed by atoms with Crippen LogP contribution in [0.25, 0.3) is 20.7 Å². The molecule has 9 heteroatoms. The third kappa shape index (κ3) is 7.45. The van der Waals surface area contributed by atoms with Crippen LogP contribution in [0.4, 0.5) is 10.1 Å². The molecule has 1 aliphatic rings. The zero-order valence-corrected chi connectivity index (χ0v) is 26.2. The molecule has 3 heterocycles. The molecular formula is C36H35FN4O3S. The summed E-state index contributed by atoms with van der Waals surface area (Å²) in [5.41, 5.74) is 4.36. The summed E-state index contributed by atoms with van der Waals surface area (Å²) in [4.78, 5) is 37.1. The minimum atomic E-state index is -0.578. The van der Waals surface area contributed by atoms with Gasteiger partial charge in [-0.3, -0.25) is 19.5 Å². The Hall–Kier alpha value is -4.44. The number of carbonyl (C=O) groups is 2. The highest BCUT2D eigenvalue weighted by atomic mass is 32.1. The number of ether oxygens (including phenoxy) is 1. The molecule has 0 saturated carbocycles. The van der Waals surface area contributed by atoms with Crippen molar-refractivity contribution in [1.29, 1.82) is 0 Å². The molecule has 6 rings (SSSR count). The molecule has 7 nitrogen and oxygen atoms in total. The van der Waals surface area contributed by atoms with Gasteiger partial charge in [0.2, 0.25) is 5.91 Å². The number of anilines is 1. The van der Waals surface area contributed by atoms with Crippen molar-refractivity contribution >= 4 is 38.9 Å². The van der Waals surface area contributed by atoms with Crippen molar-refractivity contribution in [3.8, 4) is 21.9 Å². The van der Waals surface area contributed by atoms with Crippen LogP contribution in [0.1, 0.15) is 17.5 Å². The number of aromatic nitrogens is 1. The van der Waals surface area contributed by atoms with E-state index in [9.17, 15) is 9.59 Å². The lowest BCUT2D eigenvalue weighted by Crippen LogP contribution is -2.43. The SMILES string of the molecule is CN1CCN(Cc2ccc(-c3cc4nccc(Oc5ccc(CC(=O)CC(=O)N(C)c6ccccc6)cc5F)c4s3)cc2)CC1. The fourth-order valence-electron chi connectivity index (χ4n) is 5.40. The van der Waals surface area contributed by atoms with Gasteiger partial charge in [-0.25, -0.2) is 4.39 Å². The van der Waals surface area contributed by atoms with E-state index in [0.717, 1.165) is 53.4 Å². The smallest absolute Gasteiger partial charge is 0.234 e. The van der Waals surface area contributed by atoms with Crippen LogP contribution in [0.5, 0.6) is 11.5 Å². The molecule has 0 spiro atoms. The van der Waals surface area contributed by atoms with Crippen molar-refractivity contribution in [3.05, 3.63) is 108 Å². The van der Waals surface area contributed by atoms with E-state index in [-0.39, 0.29) is 30.3 Å². The summed E-state index contributed by atoms with van der Waals surface area (Å²) >= 11 is 1.56. The summed E-state index contributed by atoms with van der Waals surface area (Å²) in [7, 11) is 3.80. The molecule has 0 radical (unpaired) electrons. The molecule has 5 aromatic rings. The number of benzene rings is 3. The maximum Gasteiger partial charge on any atom is 0.234 e. The number of piperazine rings is 1. The highest BCUT2D eigenvalue weighted by Gasteiger charge is 2.18. The van der Waals surface area contributed by atoms with Gasteiger partial charge in [-0.05, 0) is 54.1 Å². The molecule has 2 aromatic heterocycles. The molecular weight excluding hydrogens is 587 g/mol. The molecule has 1 amide bonds. The summed E-state index contributed by atoms with van der Waals surface area (Å²) in [6.45, 7) is 5.31. The Morgan fingerprint density at radius 1 is 0.911 bits per heavy atom. The number of nitrogens with zero attached hydrogens (tertiary/aromatic N) is 4. The van der Waals surface area contributed by atoms with Gasteiger partial charge in [0.05, 0.1) is 16.6 Å². The number of para-hydroxylation sites is 1. The Balaban J connectivity index is 1.10. The lowest BCUT2D eigenvalue weighted by molar-refractivity contribution is -0.126. The van der Waals surface area contributed by atoms with Crippen molar-refractivity contribution in [1.82, 2.24) is 14.8 Å². The molecule has 0 N–H and O–H groups in total. The van der Waals surface area contributed by atoms with Gasteiger partial charge in [0.1, 0.15) is 11.5 Å². The third-order valence-electron chi connectivity index (χ3n) is 8.10. The van der Waals surface area contributed by atoms with Crippen molar-refractivity contribution in [3.63, 3.8) is 0 Å². The van der Waals surface area contributed by atoms with Crippen molar-refractivity contribution < 1.29 is 18.7 Å². The minimum absolute atomic E-state index is 0.0481. The van der Waals surface area contributed by atoms with Crippen LogP contribution in [0.15, 0.2) is 91.1 Å². The van der Waals surface area contributed by atoms with Gasteiger partial charge < -0.3 is 14.5 Å². The number of hydrogen-bond donors (Lipinski definition) is 0. The molecule has 45 heavy (non-hydrogen) atoms. The van der Waals surface area contributed by atoms with Crippen LogP contribution in [-0.2, 0) is 22.6 Å². The number of Topliss-reactive ketones (excluding diaryl/α,β-unsaturated/α-hetero) is 1. The fraction of sp³-hybridized carbons (Fsp3) is 0.250. The Bertz CT molecular complexity index is 1800. The number of halogens is 1. The van der Waals surface area contributed by atoms with E-state index in [1.165, 1.54) is 22.6 Å². The van der Waals surface area contributed by atoms with E-state index < -0.39 is 5.82 Å². The van der Waals surface area contributed by atoms with E-state index in [1.807, 2.05) is 24.3 Å². The lowest BCUT2D eigenvalue weighted by Gasteiger charge is -2.32. The van der Waals surface area contributed by atoms with Crippen LogP contribution in [0, 0.1) is 5.82 Å². The monoisotopic (exact) mass is 622 g/mol. The van der Waals surface area contributed by atoms with Gasteiger partial charge in [-0.2, -0.15) is 0 Å². The van der Waals surface area contributed by atoms with E-state index in [0.29, 0.717) is 17.0 Å². The molecule has 3 aromatic carbocycles. The summed E-state index contributed by atoms with van der Waals surface area (Å²) in [5.74, 6) is -0.608. The first-order chi connectivity index (χ1) is 21.8. The second-order valence-corrected chi connectivity index (χ2v) is 12.5. The van der Waals surface area contributed by atoms with E-state index in [4.69, 9.17) is 4.74 Å². The minimum Gasteiger partial charge on any atom is -0.453 e. The molecule has 0 aliphatic carbocycles. The van der Waals surface area contributed by atoms with Gasteiger partial charge in [0, 0.05) is 69.0 Å². The predicted molar refractivity (Wildman–Crippen MR) is 177 cm³/mol. The maximum absolute atomic E-state index is 15.2. The van der Waals surface area contributed by atoms with Gasteiger partial charge >= 0.3 is 0 Å². The average Bonchev–Trinajstić information content (AvgIpc) is 3.49. The largest absolute Gasteiger partial charge is 0.453 e. The summed E-state index contributed by atoms with van der Waals surface area (Å²) < 4.78 is 22.0. The standard InChI is InChI=1S/C36H35FN4O3S/c1-39-16-18-41(19-17-39)24-25-8-11-27(12-9-25)34-23-31-36(45-34)33(14-15-38-31)44-32-13-10-26(21-30(32)37)20-29(42)22-35(43)40(2)28-6-4-3-5-7-28/h3-15,21,23H,16-20,22,24H2,1-2H3. The summed E-state index contributed by atoms with van der Waals surface area (Å²) in [6, 6.07) is 26.0. The molecule has 0 bridgehead atoms. The van der Waals surface area contributed by atoms with Gasteiger partial charge in [0.25, 0.3) is 0 Å². The van der Waals surface area contributed by atoms with Gasteiger partial charge in [-0.15, -0.1) is 11.3 Å². The number of rotatable bonds is 10. The number of thiophene rings is 1. The normalized spacial score (nSPS) is 14.0. The van der Waals surface area contributed by atoms with Crippen LogP contribution in [-0.4, -0.2) is 66.7 Å². The molecule has 0 atom stereocenters. The number of ketones is 1. The fourth-order valence-corrected chi connectivity index (χ4v) is 6.48. The Morgan fingerprint density at radius 2 is 1.64 bits per heavy atom. The van der Waals surface area contributed by atoms with Crippen molar-refractivity contribution in [2.75, 3.05) is 45.2 Å². The molecule has 1 saturated heterocycles. The maximum atomic E-state index is 15.2. The van der Waals surface area contributed by atoms with Gasteiger partial charge in [-0.1, -0.05) is 48.5 Å². The van der Waals surface area contributed by atoms with Crippen LogP contribution in [0.3, 0.4) is 0 Å². The first kappa shape index (κ1) is 30.6. The Labute approximate surface area is 266 Å². The number of likely N-dealkylation sites (N-methyl/N-ethyl adjacent to an activating group) is 1. The van der Waals surface area contributed by atoms with Crippen molar-refractivity contribution in [2.45, 2.75) is 19.4 Å². The number of hydrogen-bond acceptors (Lipinski definition) is 7. The molecule has 230 valence electrons. The van der Waals surface area contributed by atoms with E-state index in [2.05, 4.69) is 46.1 Å². The lowest BCUT2D eigenvalue weighted by atomic mass is 10.1. The first-order valence-corrected chi connectivity index (χ1v) is 15.8. The van der Waals surface area contributed by atoms with E-state index >= 15 is 4.39 Å². The third-order valence-corrected chi connectivity index (χ3v) is 9.29. The summed E-state index contributed by atoms with van der Waals surface area (Å²) in [5, 5.41) is 0. The first-order valence-electron chi connectivity index (χ1n) is 15.0. The predicted octanol–water partition coefficient (Wildman–Crippen LogP) is 6.81. The second kappa shape index (κ2) is 13.7. The van der Waals surface area contributed by atoms with Crippen LogP contribution >= 0.6 is 11.3 Å². The highest BCUT2D eigenvalue weighted by Crippen LogP contribution is 2.39. The molecule has 1 fully saturated rings. The van der Waals surface area contributed by atoms with Crippen LogP contribution in [0.2, 0.25) is 0 Å². The summed E-state index contributed by atoms with van der Waals surface area (Å²) in [6.07, 6.45) is 1.34. The van der Waals surface area contributed by atoms with Crippen molar-refractivity contribution in [2.24, 2.45) is 0 Å². The molecule has 0 unspecified atom stereocenters. The average molecular weight is 623 g/mol. The van der Waals surface area contributed by atoms with Crippen LogP contribution < -0.4 is 9.64 Å². The zero-order chi connectivity index (χ0) is 31.3. The topological polar surface area (TPSA) is 66.0 Å².